The quantitative estimate of drug-likeness (QED) is 0.646. The Morgan fingerprint density at radius 1 is 1.77 bits per heavy atom. The van der Waals surface area contributed by atoms with Crippen LogP contribution in [0.4, 0.5) is 5.82 Å². The van der Waals surface area contributed by atoms with Gasteiger partial charge in [-0.05, 0) is 29.5 Å². The number of carbonyl (C=O) groups excluding carboxylic acids is 1. The van der Waals surface area contributed by atoms with Crippen molar-refractivity contribution >= 4 is 34.4 Å². The van der Waals surface area contributed by atoms with E-state index in [4.69, 9.17) is 10.5 Å². The summed E-state index contributed by atoms with van der Waals surface area (Å²) in [6.45, 7) is 2.01. The molecule has 0 bridgehead atoms. The molecule has 1 aromatic heterocycles. The molecule has 0 amide bonds. The number of esters is 1. The first-order valence-electron chi connectivity index (χ1n) is 3.60. The second kappa shape index (κ2) is 4.35. The largest absolute Gasteiger partial charge is 0.461 e. The normalized spacial score (nSPS) is 9.69. The molecule has 0 spiro atoms. The second-order valence-electron chi connectivity index (χ2n) is 2.15. The number of anilines is 1. The molecule has 0 aliphatic carbocycles. The van der Waals surface area contributed by atoms with Gasteiger partial charge in [-0.1, -0.05) is 0 Å². The molecule has 13 heavy (non-hydrogen) atoms. The molecule has 1 heterocycles. The van der Waals surface area contributed by atoms with Gasteiger partial charge in [-0.3, -0.25) is 0 Å². The minimum absolute atomic E-state index is 0.0775. The smallest absolute Gasteiger partial charge is 0.360 e. The molecule has 1 aromatic rings. The molecule has 6 heteroatoms. The van der Waals surface area contributed by atoms with E-state index in [0.717, 1.165) is 0 Å². The van der Waals surface area contributed by atoms with Crippen LogP contribution < -0.4 is 5.73 Å². The van der Waals surface area contributed by atoms with Gasteiger partial charge in [0.1, 0.15) is 3.70 Å². The number of nitrogens with two attached hydrogens (primary N) is 1. The van der Waals surface area contributed by atoms with Gasteiger partial charge in [0.25, 0.3) is 0 Å². The molecule has 0 aliphatic heterocycles. The van der Waals surface area contributed by atoms with E-state index in [9.17, 15) is 4.79 Å². The summed E-state index contributed by atoms with van der Waals surface area (Å²) in [5, 5.41) is 0. The summed E-state index contributed by atoms with van der Waals surface area (Å²) in [7, 11) is 0. The minimum Gasteiger partial charge on any atom is -0.461 e. The van der Waals surface area contributed by atoms with Crippen molar-refractivity contribution in [2.45, 2.75) is 6.92 Å². The molecule has 5 nitrogen and oxygen atoms in total. The van der Waals surface area contributed by atoms with E-state index >= 15 is 0 Å². The lowest BCUT2D eigenvalue weighted by atomic mass is 10.4. The zero-order valence-corrected chi connectivity index (χ0v) is 9.11. The van der Waals surface area contributed by atoms with Crippen LogP contribution in [0, 0.1) is 3.70 Å². The molecule has 0 saturated heterocycles. The molecule has 0 radical (unpaired) electrons. The molecule has 2 N–H and O–H groups in total. The Kier molecular flexibility index (Phi) is 3.40. The molecular formula is C7H8IN3O2. The summed E-state index contributed by atoms with van der Waals surface area (Å²) in [5.41, 5.74) is 5.52. The van der Waals surface area contributed by atoms with Crippen molar-refractivity contribution in [3.8, 4) is 0 Å². The van der Waals surface area contributed by atoms with Crippen molar-refractivity contribution in [2.75, 3.05) is 12.3 Å². The number of hydrogen-bond acceptors (Lipinski definition) is 5. The monoisotopic (exact) mass is 293 g/mol. The fourth-order valence-electron chi connectivity index (χ4n) is 0.727. The lowest BCUT2D eigenvalue weighted by Crippen LogP contribution is -2.12. The number of nitrogen functional groups attached to an aromatic ring is 1. The van der Waals surface area contributed by atoms with Gasteiger partial charge in [0.05, 0.1) is 12.8 Å². The Morgan fingerprint density at radius 2 is 2.46 bits per heavy atom. The second-order valence-corrected chi connectivity index (χ2v) is 3.25. The molecule has 0 fully saturated rings. The summed E-state index contributed by atoms with van der Waals surface area (Å²) < 4.78 is 5.35. The van der Waals surface area contributed by atoms with Gasteiger partial charge in [-0.15, -0.1) is 0 Å². The summed E-state index contributed by atoms with van der Waals surface area (Å²) in [5.74, 6) is -0.440. The summed E-state index contributed by atoms with van der Waals surface area (Å²) in [4.78, 5) is 18.9. The zero-order valence-electron chi connectivity index (χ0n) is 6.95. The first-order valence-corrected chi connectivity index (χ1v) is 4.68. The standard InChI is InChI=1S/C7H8IN3O2/c1-2-13-7(12)5-6(9)10-3-4(8)11-5/h3H,2H2,1H3,(H2,9,10). The van der Waals surface area contributed by atoms with Crippen molar-refractivity contribution in [1.82, 2.24) is 9.97 Å². The average Bonchev–Trinajstić information content (AvgIpc) is 2.09. The molecule has 0 aromatic carbocycles. The number of rotatable bonds is 2. The Morgan fingerprint density at radius 3 is 3.08 bits per heavy atom. The topological polar surface area (TPSA) is 78.1 Å². The highest BCUT2D eigenvalue weighted by Crippen LogP contribution is 2.08. The van der Waals surface area contributed by atoms with Crippen LogP contribution in [0.1, 0.15) is 17.4 Å². The summed E-state index contributed by atoms with van der Waals surface area (Å²) in [6, 6.07) is 0. The zero-order chi connectivity index (χ0) is 9.84. The van der Waals surface area contributed by atoms with Crippen LogP contribution in [0.3, 0.4) is 0 Å². The molecular weight excluding hydrogens is 285 g/mol. The lowest BCUT2D eigenvalue weighted by Gasteiger charge is -2.02. The van der Waals surface area contributed by atoms with Gasteiger partial charge >= 0.3 is 5.97 Å². The Balaban J connectivity index is 2.99. The number of nitrogens with zero attached hydrogens (tertiary/aromatic N) is 2. The van der Waals surface area contributed by atoms with Crippen LogP contribution in [-0.4, -0.2) is 22.5 Å². The van der Waals surface area contributed by atoms with E-state index in [1.54, 1.807) is 6.92 Å². The van der Waals surface area contributed by atoms with Crippen LogP contribution in [0.15, 0.2) is 6.20 Å². The fraction of sp³-hybridized carbons (Fsp3) is 0.286. The molecule has 1 rings (SSSR count). The van der Waals surface area contributed by atoms with Crippen LogP contribution in [-0.2, 0) is 4.74 Å². The Bertz CT molecular complexity index is 330. The molecule has 70 valence electrons. The van der Waals surface area contributed by atoms with E-state index < -0.39 is 5.97 Å². The van der Waals surface area contributed by atoms with Gasteiger partial charge in [0.2, 0.25) is 0 Å². The van der Waals surface area contributed by atoms with Gasteiger partial charge in [0.15, 0.2) is 11.5 Å². The first-order chi connectivity index (χ1) is 6.15. The van der Waals surface area contributed by atoms with Crippen LogP contribution in [0.2, 0.25) is 0 Å². The number of halogens is 1. The summed E-state index contributed by atoms with van der Waals surface area (Å²) in [6.07, 6.45) is 1.48. The van der Waals surface area contributed by atoms with E-state index in [-0.39, 0.29) is 11.5 Å². The Labute approximate surface area is 88.8 Å². The highest BCUT2D eigenvalue weighted by molar-refractivity contribution is 14.1. The minimum atomic E-state index is -0.536. The first kappa shape index (κ1) is 10.2. The predicted octanol–water partition coefficient (Wildman–Crippen LogP) is 0.840. The van der Waals surface area contributed by atoms with Crippen LogP contribution >= 0.6 is 22.6 Å². The van der Waals surface area contributed by atoms with E-state index in [2.05, 4.69) is 9.97 Å². The van der Waals surface area contributed by atoms with Crippen molar-refractivity contribution < 1.29 is 9.53 Å². The van der Waals surface area contributed by atoms with Crippen molar-refractivity contribution in [1.29, 1.82) is 0 Å². The van der Waals surface area contributed by atoms with E-state index in [1.165, 1.54) is 6.20 Å². The van der Waals surface area contributed by atoms with Gasteiger partial charge < -0.3 is 10.5 Å². The number of hydrogen-bond donors (Lipinski definition) is 1. The number of carbonyl (C=O) groups is 1. The third-order valence-corrected chi connectivity index (χ3v) is 1.76. The van der Waals surface area contributed by atoms with Crippen LogP contribution in [0.5, 0.6) is 0 Å². The summed E-state index contributed by atoms with van der Waals surface area (Å²) >= 11 is 1.95. The molecule has 0 atom stereocenters. The third kappa shape index (κ3) is 2.51. The maximum absolute atomic E-state index is 11.2. The van der Waals surface area contributed by atoms with Crippen LogP contribution in [0.25, 0.3) is 0 Å². The third-order valence-electron chi connectivity index (χ3n) is 1.24. The van der Waals surface area contributed by atoms with Gasteiger partial charge in [-0.25, -0.2) is 14.8 Å². The number of ether oxygens (including phenoxy) is 1. The van der Waals surface area contributed by atoms with Gasteiger partial charge in [-0.2, -0.15) is 0 Å². The highest BCUT2D eigenvalue weighted by atomic mass is 127. The van der Waals surface area contributed by atoms with Gasteiger partial charge in [0, 0.05) is 0 Å². The Hall–Kier alpha value is -0.920. The maximum Gasteiger partial charge on any atom is 0.360 e. The lowest BCUT2D eigenvalue weighted by molar-refractivity contribution is 0.0520. The van der Waals surface area contributed by atoms with Crippen molar-refractivity contribution in [2.24, 2.45) is 0 Å². The molecule has 0 unspecified atom stereocenters. The molecule has 0 aliphatic rings. The number of aromatic nitrogens is 2. The predicted molar refractivity (Wildman–Crippen MR) is 55.1 cm³/mol. The van der Waals surface area contributed by atoms with Crippen molar-refractivity contribution in [3.63, 3.8) is 0 Å². The van der Waals surface area contributed by atoms with Crippen molar-refractivity contribution in [3.05, 3.63) is 15.6 Å². The molecule has 0 saturated carbocycles. The highest BCUT2D eigenvalue weighted by Gasteiger charge is 2.13. The average molecular weight is 293 g/mol. The fourth-order valence-corrected chi connectivity index (χ4v) is 1.11. The maximum atomic E-state index is 11.2. The SMILES string of the molecule is CCOC(=O)c1nc(I)cnc1N. The van der Waals surface area contributed by atoms with E-state index in [1.807, 2.05) is 22.6 Å². The van der Waals surface area contributed by atoms with E-state index in [0.29, 0.717) is 10.3 Å².